The molecule has 144 valence electrons. The van der Waals surface area contributed by atoms with Gasteiger partial charge in [-0.3, -0.25) is 9.59 Å². The van der Waals surface area contributed by atoms with E-state index in [2.05, 4.69) is 10.0 Å². The third kappa shape index (κ3) is 6.20. The number of rotatable bonds is 9. The zero-order valence-electron chi connectivity index (χ0n) is 15.1. The van der Waals surface area contributed by atoms with Crippen LogP contribution in [0.4, 0.5) is 5.69 Å². The molecule has 6 nitrogen and oxygen atoms in total. The van der Waals surface area contributed by atoms with Crippen molar-refractivity contribution in [3.63, 3.8) is 0 Å². The molecule has 0 heterocycles. The molecule has 0 spiro atoms. The number of anilines is 1. The highest BCUT2D eigenvalue weighted by Crippen LogP contribution is 2.14. The number of amides is 1. The van der Waals surface area contributed by atoms with E-state index in [1.807, 2.05) is 6.26 Å². The van der Waals surface area contributed by atoms with Crippen molar-refractivity contribution in [1.29, 1.82) is 0 Å². The summed E-state index contributed by atoms with van der Waals surface area (Å²) in [5, 5.41) is 2.70. The van der Waals surface area contributed by atoms with E-state index in [1.54, 1.807) is 42.5 Å². The van der Waals surface area contributed by atoms with Crippen molar-refractivity contribution in [1.82, 2.24) is 4.72 Å². The van der Waals surface area contributed by atoms with Gasteiger partial charge in [0.25, 0.3) is 0 Å². The van der Waals surface area contributed by atoms with Crippen molar-refractivity contribution in [2.45, 2.75) is 24.3 Å². The van der Waals surface area contributed by atoms with Crippen LogP contribution in [0.2, 0.25) is 0 Å². The SMILES string of the molecule is CSCC[C@@H](NS(=O)(=O)c1ccccc1)C(=O)Nc1ccc(C(C)=O)cc1. The van der Waals surface area contributed by atoms with Gasteiger partial charge in [-0.2, -0.15) is 16.5 Å². The molecule has 0 radical (unpaired) electrons. The highest BCUT2D eigenvalue weighted by molar-refractivity contribution is 7.98. The molecule has 2 aromatic carbocycles. The van der Waals surface area contributed by atoms with Crippen molar-refractivity contribution in [2.75, 3.05) is 17.3 Å². The van der Waals surface area contributed by atoms with Crippen LogP contribution in [0.15, 0.2) is 59.5 Å². The molecule has 0 saturated heterocycles. The number of ketones is 1. The van der Waals surface area contributed by atoms with Crippen LogP contribution in [-0.4, -0.2) is 38.2 Å². The summed E-state index contributed by atoms with van der Waals surface area (Å²) in [6.45, 7) is 1.46. The van der Waals surface area contributed by atoms with E-state index in [1.165, 1.54) is 30.8 Å². The lowest BCUT2D eigenvalue weighted by molar-refractivity contribution is -0.117. The summed E-state index contributed by atoms with van der Waals surface area (Å²) >= 11 is 1.53. The molecule has 2 aromatic rings. The minimum Gasteiger partial charge on any atom is -0.325 e. The van der Waals surface area contributed by atoms with Crippen molar-refractivity contribution < 1.29 is 18.0 Å². The van der Waals surface area contributed by atoms with E-state index in [4.69, 9.17) is 0 Å². The van der Waals surface area contributed by atoms with E-state index < -0.39 is 22.0 Å². The molecule has 0 aliphatic heterocycles. The molecular formula is C19H22N2O4S2. The highest BCUT2D eigenvalue weighted by Gasteiger charge is 2.25. The van der Waals surface area contributed by atoms with Crippen LogP contribution in [0.3, 0.4) is 0 Å². The third-order valence-corrected chi connectivity index (χ3v) is 5.97. The number of Topliss-reactive ketones (excluding diaryl/α,β-unsaturated/α-hetero) is 1. The Morgan fingerprint density at radius 1 is 1.04 bits per heavy atom. The van der Waals surface area contributed by atoms with Crippen molar-refractivity contribution in [2.24, 2.45) is 0 Å². The first-order valence-corrected chi connectivity index (χ1v) is 11.2. The van der Waals surface area contributed by atoms with Gasteiger partial charge in [0.1, 0.15) is 6.04 Å². The van der Waals surface area contributed by atoms with Gasteiger partial charge in [-0.1, -0.05) is 18.2 Å². The number of thioether (sulfide) groups is 1. The second kappa shape index (κ2) is 9.68. The first-order valence-electron chi connectivity index (χ1n) is 8.31. The van der Waals surface area contributed by atoms with Gasteiger partial charge in [-0.25, -0.2) is 8.42 Å². The van der Waals surface area contributed by atoms with Gasteiger partial charge in [0.15, 0.2) is 5.78 Å². The lowest BCUT2D eigenvalue weighted by Crippen LogP contribution is -2.44. The topological polar surface area (TPSA) is 92.3 Å². The molecule has 1 atom stereocenters. The maximum Gasteiger partial charge on any atom is 0.242 e. The zero-order chi connectivity index (χ0) is 19.9. The minimum absolute atomic E-state index is 0.0682. The lowest BCUT2D eigenvalue weighted by Gasteiger charge is -2.18. The predicted octanol–water partition coefficient (Wildman–Crippen LogP) is 2.93. The third-order valence-electron chi connectivity index (χ3n) is 3.84. The number of nitrogens with one attached hydrogen (secondary N) is 2. The number of hydrogen-bond donors (Lipinski definition) is 2. The molecule has 2 rings (SSSR count). The van der Waals surface area contributed by atoms with Crippen molar-refractivity contribution in [3.8, 4) is 0 Å². The van der Waals surface area contributed by atoms with Gasteiger partial charge >= 0.3 is 0 Å². The van der Waals surface area contributed by atoms with Crippen LogP contribution in [0, 0.1) is 0 Å². The summed E-state index contributed by atoms with van der Waals surface area (Å²) < 4.78 is 27.6. The smallest absolute Gasteiger partial charge is 0.242 e. The van der Waals surface area contributed by atoms with Crippen LogP contribution in [0.25, 0.3) is 0 Å². The Hall–Kier alpha value is -2.16. The van der Waals surface area contributed by atoms with Crippen LogP contribution in [-0.2, 0) is 14.8 Å². The van der Waals surface area contributed by atoms with Crippen LogP contribution in [0.1, 0.15) is 23.7 Å². The minimum atomic E-state index is -3.81. The van der Waals surface area contributed by atoms with E-state index in [0.29, 0.717) is 23.4 Å². The van der Waals surface area contributed by atoms with Crippen LogP contribution < -0.4 is 10.0 Å². The molecule has 0 aromatic heterocycles. The standard InChI is InChI=1S/C19H22N2O4S2/c1-14(22)15-8-10-16(11-9-15)20-19(23)18(12-13-26-2)21-27(24,25)17-6-4-3-5-7-17/h3-11,18,21H,12-13H2,1-2H3,(H,20,23)/t18-/m1/s1. The summed E-state index contributed by atoms with van der Waals surface area (Å²) in [6.07, 6.45) is 2.24. The van der Waals surface area contributed by atoms with Gasteiger partial charge in [0.05, 0.1) is 4.90 Å². The molecule has 0 aliphatic carbocycles. The largest absolute Gasteiger partial charge is 0.325 e. The Labute approximate surface area is 163 Å². The van der Waals surface area contributed by atoms with Gasteiger partial charge in [0, 0.05) is 11.3 Å². The first kappa shape index (κ1) is 21.1. The Kier molecular flexibility index (Phi) is 7.58. The molecule has 0 bridgehead atoms. The maximum absolute atomic E-state index is 12.6. The van der Waals surface area contributed by atoms with Crippen molar-refractivity contribution >= 4 is 39.2 Å². The lowest BCUT2D eigenvalue weighted by atomic mass is 10.1. The summed E-state index contributed by atoms with van der Waals surface area (Å²) in [6, 6.07) is 13.5. The fraction of sp³-hybridized carbons (Fsp3) is 0.263. The molecular weight excluding hydrogens is 384 g/mol. The average Bonchev–Trinajstić information content (AvgIpc) is 2.66. The van der Waals surface area contributed by atoms with Gasteiger partial charge in [-0.15, -0.1) is 0 Å². The Balaban J connectivity index is 2.14. The van der Waals surface area contributed by atoms with Gasteiger partial charge in [0.2, 0.25) is 15.9 Å². The van der Waals surface area contributed by atoms with Crippen LogP contribution >= 0.6 is 11.8 Å². The number of sulfonamides is 1. The molecule has 0 unspecified atom stereocenters. The second-order valence-corrected chi connectivity index (χ2v) is 8.59. The number of hydrogen-bond acceptors (Lipinski definition) is 5. The normalized spacial score (nSPS) is 12.4. The number of carbonyl (C=O) groups excluding carboxylic acids is 2. The highest BCUT2D eigenvalue weighted by atomic mass is 32.2. The maximum atomic E-state index is 12.6. The fourth-order valence-electron chi connectivity index (χ4n) is 2.35. The van der Waals surface area contributed by atoms with E-state index in [9.17, 15) is 18.0 Å². The summed E-state index contributed by atoms with van der Waals surface area (Å²) in [5.74, 6) is 0.110. The van der Waals surface area contributed by atoms with Crippen molar-refractivity contribution in [3.05, 3.63) is 60.2 Å². The quantitative estimate of drug-likeness (QED) is 0.625. The second-order valence-electron chi connectivity index (χ2n) is 5.89. The van der Waals surface area contributed by atoms with E-state index >= 15 is 0 Å². The Bertz CT molecular complexity index is 882. The number of carbonyl (C=O) groups is 2. The average molecular weight is 407 g/mol. The molecule has 0 aliphatic rings. The molecule has 8 heteroatoms. The summed E-state index contributed by atoms with van der Waals surface area (Å²) in [4.78, 5) is 24.1. The van der Waals surface area contributed by atoms with Gasteiger partial charge in [-0.05, 0) is 61.8 Å². The van der Waals surface area contributed by atoms with E-state index in [-0.39, 0.29) is 10.7 Å². The summed E-state index contributed by atoms with van der Waals surface area (Å²) in [5.41, 5.74) is 1.04. The summed E-state index contributed by atoms with van der Waals surface area (Å²) in [7, 11) is -3.81. The Morgan fingerprint density at radius 3 is 2.22 bits per heavy atom. The predicted molar refractivity (Wildman–Crippen MR) is 109 cm³/mol. The monoisotopic (exact) mass is 406 g/mol. The van der Waals surface area contributed by atoms with Crippen LogP contribution in [0.5, 0.6) is 0 Å². The van der Waals surface area contributed by atoms with Gasteiger partial charge < -0.3 is 5.32 Å². The molecule has 0 fully saturated rings. The van der Waals surface area contributed by atoms with E-state index in [0.717, 1.165) is 0 Å². The first-order chi connectivity index (χ1) is 12.8. The zero-order valence-corrected chi connectivity index (χ0v) is 16.8. The molecule has 2 N–H and O–H groups in total. The Morgan fingerprint density at radius 2 is 1.67 bits per heavy atom. The fourth-order valence-corrected chi connectivity index (χ4v) is 4.07. The molecule has 1 amide bonds. The number of benzene rings is 2. The molecule has 27 heavy (non-hydrogen) atoms. The molecule has 0 saturated carbocycles.